The summed E-state index contributed by atoms with van der Waals surface area (Å²) >= 11 is 0. The van der Waals surface area contributed by atoms with E-state index in [1.807, 2.05) is 0 Å². The largest absolute Gasteiger partial charge is 0.309 e. The van der Waals surface area contributed by atoms with Crippen molar-refractivity contribution in [3.63, 3.8) is 0 Å². The van der Waals surface area contributed by atoms with Crippen LogP contribution in [0.1, 0.15) is 34.2 Å². The average Bonchev–Trinajstić information content (AvgIpc) is 2.66. The van der Waals surface area contributed by atoms with Crippen molar-refractivity contribution in [1.82, 2.24) is 5.32 Å². The molecule has 1 heteroatoms. The van der Waals surface area contributed by atoms with Gasteiger partial charge >= 0.3 is 0 Å². The lowest BCUT2D eigenvalue weighted by Crippen LogP contribution is -2.31. The molecule has 17 heavy (non-hydrogen) atoms. The molecule has 0 amide bonds. The maximum absolute atomic E-state index is 3.68. The SMILES string of the molecule is c1ccc2c(c1)C[C@H]1NC[C@@H]2c2ccccc21. The van der Waals surface area contributed by atoms with Gasteiger partial charge in [-0.05, 0) is 28.7 Å². The summed E-state index contributed by atoms with van der Waals surface area (Å²) in [6, 6.07) is 18.3. The van der Waals surface area contributed by atoms with Crippen LogP contribution in [0.3, 0.4) is 0 Å². The van der Waals surface area contributed by atoms with Gasteiger partial charge in [0.25, 0.3) is 0 Å². The minimum absolute atomic E-state index is 0.506. The summed E-state index contributed by atoms with van der Waals surface area (Å²) < 4.78 is 0. The molecule has 0 fully saturated rings. The molecule has 0 radical (unpaired) electrons. The molecule has 2 aliphatic heterocycles. The van der Waals surface area contributed by atoms with E-state index in [0.29, 0.717) is 12.0 Å². The molecular weight excluding hydrogens is 206 g/mol. The Balaban J connectivity index is 2.00. The van der Waals surface area contributed by atoms with Crippen LogP contribution in [0.15, 0.2) is 48.5 Å². The van der Waals surface area contributed by atoms with E-state index >= 15 is 0 Å². The minimum Gasteiger partial charge on any atom is -0.309 e. The second-order valence-corrected chi connectivity index (χ2v) is 5.05. The molecule has 3 aliphatic rings. The summed E-state index contributed by atoms with van der Waals surface area (Å²) in [6.07, 6.45) is 1.13. The molecule has 1 aliphatic carbocycles. The van der Waals surface area contributed by atoms with Crippen LogP contribution in [-0.2, 0) is 6.42 Å². The molecule has 2 bridgehead atoms. The van der Waals surface area contributed by atoms with Crippen LogP contribution in [0.25, 0.3) is 0 Å². The maximum Gasteiger partial charge on any atom is 0.0364 e. The van der Waals surface area contributed by atoms with Crippen LogP contribution < -0.4 is 5.32 Å². The fourth-order valence-corrected chi connectivity index (χ4v) is 3.37. The van der Waals surface area contributed by atoms with Gasteiger partial charge in [0, 0.05) is 18.5 Å². The molecule has 2 heterocycles. The van der Waals surface area contributed by atoms with Crippen molar-refractivity contribution in [2.45, 2.75) is 18.4 Å². The molecule has 0 saturated carbocycles. The van der Waals surface area contributed by atoms with Gasteiger partial charge in [0.05, 0.1) is 0 Å². The Morgan fingerprint density at radius 3 is 2.41 bits per heavy atom. The van der Waals surface area contributed by atoms with E-state index in [4.69, 9.17) is 0 Å². The van der Waals surface area contributed by atoms with Crippen molar-refractivity contribution in [3.05, 3.63) is 70.8 Å². The van der Waals surface area contributed by atoms with Crippen LogP contribution in [-0.4, -0.2) is 6.54 Å². The Morgan fingerprint density at radius 1 is 0.824 bits per heavy atom. The molecule has 0 saturated heterocycles. The van der Waals surface area contributed by atoms with Gasteiger partial charge in [-0.2, -0.15) is 0 Å². The average molecular weight is 221 g/mol. The third-order valence-electron chi connectivity index (χ3n) is 4.17. The van der Waals surface area contributed by atoms with E-state index < -0.39 is 0 Å². The highest BCUT2D eigenvalue weighted by Gasteiger charge is 2.32. The van der Waals surface area contributed by atoms with Gasteiger partial charge in [-0.15, -0.1) is 0 Å². The van der Waals surface area contributed by atoms with E-state index in [1.165, 1.54) is 22.3 Å². The summed E-state index contributed by atoms with van der Waals surface area (Å²) in [5.41, 5.74) is 6.07. The minimum atomic E-state index is 0.506. The zero-order chi connectivity index (χ0) is 11.2. The molecule has 2 aromatic carbocycles. The highest BCUT2D eigenvalue weighted by molar-refractivity contribution is 5.48. The quantitative estimate of drug-likeness (QED) is 0.721. The summed E-state index contributed by atoms with van der Waals surface area (Å²) in [6.45, 7) is 1.08. The second kappa shape index (κ2) is 3.44. The van der Waals surface area contributed by atoms with E-state index in [1.54, 1.807) is 0 Å². The Hall–Kier alpha value is -1.60. The van der Waals surface area contributed by atoms with Crippen LogP contribution in [0.2, 0.25) is 0 Å². The first-order chi connectivity index (χ1) is 8.43. The van der Waals surface area contributed by atoms with Crippen LogP contribution >= 0.6 is 0 Å². The van der Waals surface area contributed by atoms with Crippen molar-refractivity contribution in [2.75, 3.05) is 6.54 Å². The van der Waals surface area contributed by atoms with Gasteiger partial charge in [0.1, 0.15) is 0 Å². The summed E-state index contributed by atoms with van der Waals surface area (Å²) in [5.74, 6) is 0.543. The predicted octanol–water partition coefficient (Wildman–Crippen LogP) is 3.02. The molecule has 5 rings (SSSR count). The summed E-state index contributed by atoms with van der Waals surface area (Å²) in [5, 5.41) is 3.68. The molecule has 2 aromatic rings. The van der Waals surface area contributed by atoms with Crippen LogP contribution in [0.4, 0.5) is 0 Å². The number of rotatable bonds is 0. The molecule has 1 nitrogen and oxygen atoms in total. The number of hydrogen-bond donors (Lipinski definition) is 1. The molecular formula is C16H15N. The van der Waals surface area contributed by atoms with Crippen molar-refractivity contribution in [2.24, 2.45) is 0 Å². The standard InChI is InChI=1S/C16H15N/c1-2-6-12-11(5-1)9-16-14-8-4-3-7-13(14)15(12)10-17-16/h1-8,15-17H,9-10H2/t15-,16+/m0/s1. The van der Waals surface area contributed by atoms with Gasteiger partial charge in [-0.1, -0.05) is 48.5 Å². The van der Waals surface area contributed by atoms with Gasteiger partial charge in [0.15, 0.2) is 0 Å². The number of nitrogens with one attached hydrogen (secondary N) is 1. The smallest absolute Gasteiger partial charge is 0.0364 e. The monoisotopic (exact) mass is 221 g/mol. The highest BCUT2D eigenvalue weighted by Crippen LogP contribution is 2.41. The first kappa shape index (κ1) is 9.43. The van der Waals surface area contributed by atoms with E-state index in [-0.39, 0.29) is 0 Å². The lowest BCUT2D eigenvalue weighted by molar-refractivity contribution is 0.500. The lowest BCUT2D eigenvalue weighted by Gasteiger charge is -2.28. The van der Waals surface area contributed by atoms with Gasteiger partial charge in [-0.3, -0.25) is 0 Å². The van der Waals surface area contributed by atoms with Crippen molar-refractivity contribution >= 4 is 0 Å². The van der Waals surface area contributed by atoms with Crippen LogP contribution in [0, 0.1) is 0 Å². The lowest BCUT2D eigenvalue weighted by atomic mass is 9.85. The normalized spacial score (nSPS) is 24.9. The Kier molecular flexibility index (Phi) is 1.91. The second-order valence-electron chi connectivity index (χ2n) is 5.05. The van der Waals surface area contributed by atoms with Gasteiger partial charge in [-0.25, -0.2) is 0 Å². The first-order valence-corrected chi connectivity index (χ1v) is 6.33. The fraction of sp³-hybridized carbons (Fsp3) is 0.250. The number of fused-ring (bicyclic) bond motifs is 1. The third kappa shape index (κ3) is 1.29. The molecule has 0 spiro atoms. The van der Waals surface area contributed by atoms with E-state index in [9.17, 15) is 0 Å². The predicted molar refractivity (Wildman–Crippen MR) is 69.2 cm³/mol. The zero-order valence-electron chi connectivity index (χ0n) is 9.69. The maximum atomic E-state index is 3.68. The molecule has 0 unspecified atom stereocenters. The number of hydrogen-bond acceptors (Lipinski definition) is 1. The van der Waals surface area contributed by atoms with Crippen molar-refractivity contribution in [3.8, 4) is 0 Å². The first-order valence-electron chi connectivity index (χ1n) is 6.33. The molecule has 2 atom stereocenters. The van der Waals surface area contributed by atoms with E-state index in [0.717, 1.165) is 13.0 Å². The third-order valence-corrected chi connectivity index (χ3v) is 4.17. The molecule has 84 valence electrons. The topological polar surface area (TPSA) is 12.0 Å². The van der Waals surface area contributed by atoms with Gasteiger partial charge < -0.3 is 5.32 Å². The fourth-order valence-electron chi connectivity index (χ4n) is 3.37. The van der Waals surface area contributed by atoms with Crippen molar-refractivity contribution < 1.29 is 0 Å². The summed E-state index contributed by atoms with van der Waals surface area (Å²) in [4.78, 5) is 0. The molecule has 0 aromatic heterocycles. The highest BCUT2D eigenvalue weighted by atomic mass is 14.9. The van der Waals surface area contributed by atoms with Gasteiger partial charge in [0.2, 0.25) is 0 Å². The van der Waals surface area contributed by atoms with Crippen LogP contribution in [0.5, 0.6) is 0 Å². The Bertz CT molecular complexity index is 573. The molecule has 1 N–H and O–H groups in total. The Morgan fingerprint density at radius 2 is 1.53 bits per heavy atom. The zero-order valence-corrected chi connectivity index (χ0v) is 9.69. The summed E-state index contributed by atoms with van der Waals surface area (Å²) in [7, 11) is 0. The Labute approximate surface area is 101 Å². The van der Waals surface area contributed by atoms with Crippen molar-refractivity contribution in [1.29, 1.82) is 0 Å². The van der Waals surface area contributed by atoms with E-state index in [2.05, 4.69) is 53.8 Å². The number of benzene rings is 2.